The minimum atomic E-state index is -0.307. The lowest BCUT2D eigenvalue weighted by Gasteiger charge is -2.13. The van der Waals surface area contributed by atoms with E-state index in [2.05, 4.69) is 5.32 Å². The fourth-order valence-corrected chi connectivity index (χ4v) is 4.47. The summed E-state index contributed by atoms with van der Waals surface area (Å²) in [6.07, 6.45) is 3.25. The number of anilines is 1. The molecule has 1 heterocycles. The third-order valence-electron chi connectivity index (χ3n) is 5.55. The maximum absolute atomic E-state index is 12.7. The zero-order valence-corrected chi connectivity index (χ0v) is 20.7. The summed E-state index contributed by atoms with van der Waals surface area (Å²) >= 11 is 12.1. The number of carbonyl (C=O) groups excluding carboxylic acids is 1. The third-order valence-corrected chi connectivity index (χ3v) is 5.99. The van der Waals surface area contributed by atoms with Crippen molar-refractivity contribution in [2.75, 3.05) is 19.5 Å². The molecule has 0 saturated heterocycles. The normalized spacial score (nSPS) is 11.5. The Labute approximate surface area is 207 Å². The van der Waals surface area contributed by atoms with Crippen molar-refractivity contribution in [1.29, 1.82) is 0 Å². The van der Waals surface area contributed by atoms with Crippen molar-refractivity contribution >= 4 is 51.3 Å². The average molecular weight is 496 g/mol. The maximum atomic E-state index is 12.7. The smallest absolute Gasteiger partial charge is 0.248 e. The number of fused-ring (bicyclic) bond motifs is 1. The minimum absolute atomic E-state index is 0.307. The Morgan fingerprint density at radius 1 is 1.00 bits per heavy atom. The Kier molecular flexibility index (Phi) is 6.87. The van der Waals surface area contributed by atoms with Crippen LogP contribution < -0.4 is 14.8 Å². The van der Waals surface area contributed by atoms with Gasteiger partial charge in [-0.1, -0.05) is 35.3 Å². The van der Waals surface area contributed by atoms with Crippen molar-refractivity contribution in [2.45, 2.75) is 13.8 Å². The summed E-state index contributed by atoms with van der Waals surface area (Å²) < 4.78 is 16.9. The monoisotopic (exact) mass is 495 g/mol. The number of carbonyl (C=O) groups is 1. The van der Waals surface area contributed by atoms with E-state index in [1.807, 2.05) is 44.2 Å². The van der Waals surface area contributed by atoms with Gasteiger partial charge in [-0.3, -0.25) is 4.79 Å². The Morgan fingerprint density at radius 2 is 1.68 bits per heavy atom. The number of methoxy groups -OCH3 is 2. The number of hydrogen-bond acceptors (Lipinski definition) is 4. The van der Waals surface area contributed by atoms with Gasteiger partial charge in [-0.15, -0.1) is 0 Å². The molecule has 0 aliphatic heterocycles. The number of hydrogen-bond donors (Lipinski definition) is 1. The lowest BCUT2D eigenvalue weighted by molar-refractivity contribution is -0.111. The predicted molar refractivity (Wildman–Crippen MR) is 138 cm³/mol. The Morgan fingerprint density at radius 3 is 2.29 bits per heavy atom. The van der Waals surface area contributed by atoms with Crippen LogP contribution in [0.25, 0.3) is 27.7 Å². The van der Waals surface area contributed by atoms with Crippen molar-refractivity contribution in [3.8, 4) is 22.6 Å². The summed E-state index contributed by atoms with van der Waals surface area (Å²) in [6.45, 7) is 3.80. The summed E-state index contributed by atoms with van der Waals surface area (Å²) in [5.41, 5.74) is 5.56. The second-order valence-corrected chi connectivity index (χ2v) is 8.68. The number of allylic oxidation sites excluding steroid dienone is 1. The number of ether oxygens (including phenoxy) is 2. The van der Waals surface area contributed by atoms with E-state index in [1.165, 1.54) is 6.08 Å². The van der Waals surface area contributed by atoms with E-state index in [1.54, 1.807) is 38.7 Å². The second kappa shape index (κ2) is 9.84. The summed E-state index contributed by atoms with van der Waals surface area (Å²) in [5, 5.41) is 4.61. The molecule has 0 aliphatic rings. The molecule has 0 bridgehead atoms. The fourth-order valence-electron chi connectivity index (χ4n) is 3.94. The molecule has 0 fully saturated rings. The van der Waals surface area contributed by atoms with Crippen molar-refractivity contribution in [3.63, 3.8) is 0 Å². The first kappa shape index (κ1) is 23.7. The summed E-state index contributed by atoms with van der Waals surface area (Å²) in [7, 11) is 3.24. The lowest BCUT2D eigenvalue weighted by Crippen LogP contribution is -2.08. The molecule has 7 heteroatoms. The maximum Gasteiger partial charge on any atom is 0.248 e. The van der Waals surface area contributed by atoms with Gasteiger partial charge in [0.25, 0.3) is 0 Å². The van der Waals surface area contributed by atoms with Crippen LogP contribution in [0.2, 0.25) is 10.0 Å². The number of amides is 1. The summed E-state index contributed by atoms with van der Waals surface area (Å²) in [6, 6.07) is 14.6. The van der Waals surface area contributed by atoms with Gasteiger partial charge in [0, 0.05) is 43.9 Å². The Bertz CT molecular complexity index is 1380. The van der Waals surface area contributed by atoms with Gasteiger partial charge in [-0.25, -0.2) is 0 Å². The van der Waals surface area contributed by atoms with Gasteiger partial charge in [-0.05, 0) is 61.4 Å². The first-order valence-corrected chi connectivity index (χ1v) is 11.2. The van der Waals surface area contributed by atoms with Gasteiger partial charge in [0.15, 0.2) is 0 Å². The molecule has 1 aromatic heterocycles. The van der Waals surface area contributed by atoms with E-state index < -0.39 is 0 Å². The highest BCUT2D eigenvalue weighted by atomic mass is 35.5. The van der Waals surface area contributed by atoms with Crippen LogP contribution in [0.5, 0.6) is 11.5 Å². The van der Waals surface area contributed by atoms with E-state index in [-0.39, 0.29) is 5.91 Å². The van der Waals surface area contributed by atoms with Crippen molar-refractivity contribution in [3.05, 3.63) is 82.0 Å². The molecule has 34 heavy (non-hydrogen) atoms. The van der Waals surface area contributed by atoms with Gasteiger partial charge in [0.2, 0.25) is 5.91 Å². The number of furan rings is 1. The molecule has 0 spiro atoms. The largest absolute Gasteiger partial charge is 0.497 e. The number of benzene rings is 3. The molecular weight excluding hydrogens is 473 g/mol. The van der Waals surface area contributed by atoms with Crippen molar-refractivity contribution in [2.24, 2.45) is 0 Å². The highest BCUT2D eigenvalue weighted by Gasteiger charge is 2.19. The van der Waals surface area contributed by atoms with Gasteiger partial charge < -0.3 is 19.2 Å². The van der Waals surface area contributed by atoms with Crippen LogP contribution >= 0.6 is 23.2 Å². The number of rotatable bonds is 6. The van der Waals surface area contributed by atoms with Crippen LogP contribution in [0.4, 0.5) is 5.69 Å². The predicted octanol–water partition coefficient (Wildman–Crippen LogP) is 7.77. The van der Waals surface area contributed by atoms with Gasteiger partial charge >= 0.3 is 0 Å². The number of nitrogens with one attached hydrogen (secondary N) is 1. The highest BCUT2D eigenvalue weighted by Crippen LogP contribution is 2.40. The molecule has 1 N–H and O–H groups in total. The van der Waals surface area contributed by atoms with Crippen LogP contribution in [-0.2, 0) is 4.79 Å². The van der Waals surface area contributed by atoms with E-state index in [9.17, 15) is 4.79 Å². The summed E-state index contributed by atoms with van der Waals surface area (Å²) in [4.78, 5) is 12.7. The molecule has 4 rings (SSSR count). The Balaban J connectivity index is 1.74. The van der Waals surface area contributed by atoms with Crippen LogP contribution in [-0.4, -0.2) is 20.1 Å². The average Bonchev–Trinajstić information content (AvgIpc) is 3.22. The van der Waals surface area contributed by atoms with E-state index in [0.29, 0.717) is 21.5 Å². The molecule has 0 aliphatic carbocycles. The van der Waals surface area contributed by atoms with Gasteiger partial charge in [-0.2, -0.15) is 0 Å². The highest BCUT2D eigenvalue weighted by molar-refractivity contribution is 6.35. The minimum Gasteiger partial charge on any atom is -0.497 e. The van der Waals surface area contributed by atoms with Crippen molar-refractivity contribution in [1.82, 2.24) is 0 Å². The van der Waals surface area contributed by atoms with E-state index >= 15 is 0 Å². The summed E-state index contributed by atoms with van der Waals surface area (Å²) in [5.74, 6) is 1.12. The molecule has 174 valence electrons. The molecular formula is C27H23Cl2NO4. The SMILES string of the molecule is COc1ccc(-c2coc3c(C)c(OC)c(/C(C)=C/C(=O)Nc4cc(Cl)cc(Cl)c4)cc23)cc1. The van der Waals surface area contributed by atoms with Crippen molar-refractivity contribution < 1.29 is 18.7 Å². The first-order valence-electron chi connectivity index (χ1n) is 10.5. The molecule has 0 atom stereocenters. The molecule has 0 unspecified atom stereocenters. The van der Waals surface area contributed by atoms with E-state index in [0.717, 1.165) is 44.5 Å². The molecule has 0 saturated carbocycles. The molecule has 3 aromatic carbocycles. The van der Waals surface area contributed by atoms with Gasteiger partial charge in [0.1, 0.15) is 17.1 Å². The topological polar surface area (TPSA) is 60.7 Å². The van der Waals surface area contributed by atoms with Crippen LogP contribution in [0.3, 0.4) is 0 Å². The quantitative estimate of drug-likeness (QED) is 0.277. The molecule has 0 radical (unpaired) electrons. The first-order chi connectivity index (χ1) is 16.3. The standard InChI is InChI=1S/C27H23Cl2NO4/c1-15(9-25(31)30-20-11-18(28)10-19(29)12-20)22-13-23-24(17-5-7-21(32-3)8-6-17)14-34-27(23)16(2)26(22)33-4/h5-14H,1-4H3,(H,30,31)/b15-9+. The lowest BCUT2D eigenvalue weighted by atomic mass is 9.96. The zero-order valence-electron chi connectivity index (χ0n) is 19.2. The number of aryl methyl sites for hydroxylation is 1. The van der Waals surface area contributed by atoms with Crippen LogP contribution in [0, 0.1) is 6.92 Å². The van der Waals surface area contributed by atoms with E-state index in [4.69, 9.17) is 37.1 Å². The molecule has 1 amide bonds. The van der Waals surface area contributed by atoms with Gasteiger partial charge in [0.05, 0.1) is 20.5 Å². The third kappa shape index (κ3) is 4.76. The molecule has 5 nitrogen and oxygen atoms in total. The fraction of sp³-hybridized carbons (Fsp3) is 0.148. The Hall–Kier alpha value is -3.41. The number of halogens is 2. The second-order valence-electron chi connectivity index (χ2n) is 7.81. The zero-order chi connectivity index (χ0) is 24.4. The van der Waals surface area contributed by atoms with Crippen LogP contribution in [0.1, 0.15) is 18.1 Å². The molecule has 4 aromatic rings. The van der Waals surface area contributed by atoms with Crippen LogP contribution in [0.15, 0.2) is 65.3 Å².